The average Bonchev–Trinajstić information content (AvgIpc) is 2.28. The van der Waals surface area contributed by atoms with Crippen LogP contribution in [0, 0.1) is 3.57 Å². The lowest BCUT2D eigenvalue weighted by Crippen LogP contribution is -2.39. The fourth-order valence-electron chi connectivity index (χ4n) is 1.16. The largest absolute Gasteiger partial charge is 0.467 e. The Morgan fingerprint density at radius 3 is 2.56 bits per heavy atom. The predicted octanol–water partition coefficient (Wildman–Crippen LogP) is 1.58. The number of ether oxygens (including phenoxy) is 1. The molecule has 1 rings (SSSR count). The molecule has 0 aliphatic rings. The van der Waals surface area contributed by atoms with Gasteiger partial charge in [0.15, 0.2) is 0 Å². The third-order valence-corrected chi connectivity index (χ3v) is 2.96. The molecule has 0 heterocycles. The molecule has 0 spiro atoms. The Morgan fingerprint density at radius 1 is 1.38 bits per heavy atom. The van der Waals surface area contributed by atoms with E-state index in [9.17, 15) is 9.59 Å². The van der Waals surface area contributed by atoms with Gasteiger partial charge in [0.2, 0.25) is 0 Å². The van der Waals surface area contributed by atoms with Crippen molar-refractivity contribution in [2.75, 3.05) is 7.11 Å². The van der Waals surface area contributed by atoms with Crippen molar-refractivity contribution in [3.8, 4) is 0 Å². The quantitative estimate of drug-likeness (QED) is 0.675. The maximum Gasteiger partial charge on any atom is 0.328 e. The van der Waals surface area contributed by atoms with Crippen LogP contribution in [0.4, 0.5) is 0 Å². The second kappa shape index (κ2) is 5.83. The van der Waals surface area contributed by atoms with Crippen LogP contribution in [0.5, 0.6) is 0 Å². The SMILES string of the molecule is COC(=O)[C@H](C)NC(=O)c1ccccc1I. The van der Waals surface area contributed by atoms with Gasteiger partial charge in [-0.1, -0.05) is 12.1 Å². The second-order valence-electron chi connectivity index (χ2n) is 3.20. The molecule has 5 heteroatoms. The Morgan fingerprint density at radius 2 is 2.00 bits per heavy atom. The Bertz CT molecular complexity index is 406. The van der Waals surface area contributed by atoms with Crippen LogP contribution in [0.3, 0.4) is 0 Å². The highest BCUT2D eigenvalue weighted by Crippen LogP contribution is 2.11. The number of halogens is 1. The standard InChI is InChI=1S/C11H12INO3/c1-7(11(15)16-2)13-10(14)8-5-3-4-6-9(8)12/h3-7H,1-2H3,(H,13,14)/t7-/m0/s1. The lowest BCUT2D eigenvalue weighted by Gasteiger charge is -2.12. The van der Waals surface area contributed by atoms with Gasteiger partial charge in [-0.25, -0.2) is 4.79 Å². The van der Waals surface area contributed by atoms with Crippen LogP contribution in [0.1, 0.15) is 17.3 Å². The lowest BCUT2D eigenvalue weighted by molar-refractivity contribution is -0.142. The first-order chi connectivity index (χ1) is 7.56. The Hall–Kier alpha value is -1.11. The third kappa shape index (κ3) is 3.19. The molecule has 86 valence electrons. The topological polar surface area (TPSA) is 55.4 Å². The van der Waals surface area contributed by atoms with E-state index in [1.54, 1.807) is 19.1 Å². The van der Waals surface area contributed by atoms with Crippen molar-refractivity contribution < 1.29 is 14.3 Å². The summed E-state index contributed by atoms with van der Waals surface area (Å²) in [4.78, 5) is 22.9. The van der Waals surface area contributed by atoms with Crippen LogP contribution in [0.15, 0.2) is 24.3 Å². The van der Waals surface area contributed by atoms with Crippen LogP contribution in [-0.4, -0.2) is 25.0 Å². The van der Waals surface area contributed by atoms with Gasteiger partial charge in [-0.2, -0.15) is 0 Å². The maximum absolute atomic E-state index is 11.8. The summed E-state index contributed by atoms with van der Waals surface area (Å²) in [6.45, 7) is 1.58. The van der Waals surface area contributed by atoms with E-state index in [-0.39, 0.29) is 5.91 Å². The molecule has 1 atom stereocenters. The van der Waals surface area contributed by atoms with E-state index >= 15 is 0 Å². The molecule has 0 unspecified atom stereocenters. The molecule has 0 fully saturated rings. The highest BCUT2D eigenvalue weighted by Gasteiger charge is 2.17. The molecule has 0 bridgehead atoms. The maximum atomic E-state index is 11.8. The van der Waals surface area contributed by atoms with Crippen LogP contribution in [0.2, 0.25) is 0 Å². The van der Waals surface area contributed by atoms with E-state index in [0.717, 1.165) is 3.57 Å². The smallest absolute Gasteiger partial charge is 0.328 e. The molecule has 1 aromatic rings. The van der Waals surface area contributed by atoms with E-state index in [0.29, 0.717) is 5.56 Å². The average molecular weight is 333 g/mol. The van der Waals surface area contributed by atoms with E-state index in [1.165, 1.54) is 7.11 Å². The van der Waals surface area contributed by atoms with E-state index < -0.39 is 12.0 Å². The molecular weight excluding hydrogens is 321 g/mol. The minimum absolute atomic E-state index is 0.275. The fraction of sp³-hybridized carbons (Fsp3) is 0.273. The van der Waals surface area contributed by atoms with Crippen LogP contribution < -0.4 is 5.32 Å². The number of hydrogen-bond acceptors (Lipinski definition) is 3. The summed E-state index contributed by atoms with van der Waals surface area (Å²) in [5, 5.41) is 2.57. The molecule has 16 heavy (non-hydrogen) atoms. The van der Waals surface area contributed by atoms with Gasteiger partial charge in [-0.05, 0) is 41.6 Å². The minimum Gasteiger partial charge on any atom is -0.467 e. The summed E-state index contributed by atoms with van der Waals surface area (Å²) < 4.78 is 5.37. The zero-order chi connectivity index (χ0) is 12.1. The molecule has 1 amide bonds. The summed E-state index contributed by atoms with van der Waals surface area (Å²) in [5.74, 6) is -0.734. The van der Waals surface area contributed by atoms with Gasteiger partial charge in [0.25, 0.3) is 5.91 Å². The van der Waals surface area contributed by atoms with Gasteiger partial charge < -0.3 is 10.1 Å². The summed E-state index contributed by atoms with van der Waals surface area (Å²) in [6, 6.07) is 6.52. The van der Waals surface area contributed by atoms with Crippen molar-refractivity contribution in [1.82, 2.24) is 5.32 Å². The Labute approximate surface area is 108 Å². The number of rotatable bonds is 3. The monoisotopic (exact) mass is 333 g/mol. The Kier molecular flexibility index (Phi) is 4.72. The summed E-state index contributed by atoms with van der Waals surface area (Å²) in [6.07, 6.45) is 0. The van der Waals surface area contributed by atoms with Crippen LogP contribution in [-0.2, 0) is 9.53 Å². The van der Waals surface area contributed by atoms with Gasteiger partial charge in [-0.3, -0.25) is 4.79 Å². The van der Waals surface area contributed by atoms with Gasteiger partial charge in [0.05, 0.1) is 12.7 Å². The zero-order valence-electron chi connectivity index (χ0n) is 8.99. The number of nitrogens with one attached hydrogen (secondary N) is 1. The third-order valence-electron chi connectivity index (χ3n) is 2.02. The number of amides is 1. The van der Waals surface area contributed by atoms with E-state index in [1.807, 2.05) is 12.1 Å². The molecule has 0 radical (unpaired) electrons. The van der Waals surface area contributed by atoms with E-state index in [2.05, 4.69) is 32.6 Å². The van der Waals surface area contributed by atoms with Gasteiger partial charge in [0.1, 0.15) is 6.04 Å². The van der Waals surface area contributed by atoms with Crippen molar-refractivity contribution >= 4 is 34.5 Å². The number of methoxy groups -OCH3 is 1. The number of carbonyl (C=O) groups excluding carboxylic acids is 2. The molecule has 1 aromatic carbocycles. The first kappa shape index (κ1) is 13.0. The number of hydrogen-bond donors (Lipinski definition) is 1. The van der Waals surface area contributed by atoms with E-state index in [4.69, 9.17) is 0 Å². The second-order valence-corrected chi connectivity index (χ2v) is 4.36. The van der Waals surface area contributed by atoms with Gasteiger partial charge in [0, 0.05) is 3.57 Å². The summed E-state index contributed by atoms with van der Waals surface area (Å²) in [7, 11) is 1.29. The highest BCUT2D eigenvalue weighted by molar-refractivity contribution is 14.1. The fourth-order valence-corrected chi connectivity index (χ4v) is 1.79. The number of carbonyl (C=O) groups is 2. The molecular formula is C11H12INO3. The van der Waals surface area contributed by atoms with Crippen LogP contribution >= 0.6 is 22.6 Å². The number of esters is 1. The van der Waals surface area contributed by atoms with Gasteiger partial charge in [-0.15, -0.1) is 0 Å². The summed E-state index contributed by atoms with van der Waals surface area (Å²) >= 11 is 2.07. The molecule has 4 nitrogen and oxygen atoms in total. The van der Waals surface area contributed by atoms with Gasteiger partial charge >= 0.3 is 5.97 Å². The molecule has 0 saturated heterocycles. The lowest BCUT2D eigenvalue weighted by atomic mass is 10.2. The van der Waals surface area contributed by atoms with Crippen molar-refractivity contribution in [1.29, 1.82) is 0 Å². The number of benzene rings is 1. The first-order valence-electron chi connectivity index (χ1n) is 4.69. The first-order valence-corrected chi connectivity index (χ1v) is 5.77. The highest BCUT2D eigenvalue weighted by atomic mass is 127. The molecule has 0 aliphatic heterocycles. The zero-order valence-corrected chi connectivity index (χ0v) is 11.1. The molecule has 1 N–H and O–H groups in total. The van der Waals surface area contributed by atoms with Crippen molar-refractivity contribution in [3.05, 3.63) is 33.4 Å². The Balaban J connectivity index is 2.73. The van der Waals surface area contributed by atoms with Crippen LogP contribution in [0.25, 0.3) is 0 Å². The molecule has 0 aliphatic carbocycles. The van der Waals surface area contributed by atoms with Crippen molar-refractivity contribution in [2.24, 2.45) is 0 Å². The normalized spacial score (nSPS) is 11.7. The molecule has 0 saturated carbocycles. The minimum atomic E-state index is -0.645. The predicted molar refractivity (Wildman–Crippen MR) is 68.1 cm³/mol. The summed E-state index contributed by atoms with van der Waals surface area (Å²) in [5.41, 5.74) is 0.554. The van der Waals surface area contributed by atoms with Crippen molar-refractivity contribution in [3.63, 3.8) is 0 Å². The van der Waals surface area contributed by atoms with Crippen molar-refractivity contribution in [2.45, 2.75) is 13.0 Å². The molecule has 0 aromatic heterocycles.